The van der Waals surface area contributed by atoms with Crippen molar-refractivity contribution < 1.29 is 13.7 Å². The van der Waals surface area contributed by atoms with Crippen molar-refractivity contribution in [2.75, 3.05) is 25.1 Å². The summed E-state index contributed by atoms with van der Waals surface area (Å²) in [6.45, 7) is 4.15. The quantitative estimate of drug-likeness (QED) is 0.629. The summed E-state index contributed by atoms with van der Waals surface area (Å²) in [6.07, 6.45) is 0.891. The summed E-state index contributed by atoms with van der Waals surface area (Å²) < 4.78 is 23.4. The van der Waals surface area contributed by atoms with Gasteiger partial charge in [0.25, 0.3) is 5.89 Å². The topological polar surface area (TPSA) is 86.0 Å². The molecular weight excluding hydrogens is 325 g/mol. The maximum atomic E-state index is 13.0. The Morgan fingerprint density at radius 2 is 1.96 bits per heavy atom. The van der Waals surface area contributed by atoms with Crippen LogP contribution in [0.25, 0.3) is 23.0 Å². The number of anilines is 1. The zero-order valence-corrected chi connectivity index (χ0v) is 13.8. The molecule has 0 atom stereocenters. The molecule has 2 aromatic heterocycles. The minimum Gasteiger partial charge on any atom is -0.382 e. The first-order chi connectivity index (χ1) is 12.3. The standard InChI is InChI=1S/C17H18FN5O2/c1-2-24-11-3-10-19-15-9-8-14(21-22-15)17-20-16(23-25-17)12-4-6-13(18)7-5-12/h4-9H,2-3,10-11H2,1H3,(H,19,22). The van der Waals surface area contributed by atoms with Gasteiger partial charge in [0.05, 0.1) is 0 Å². The van der Waals surface area contributed by atoms with Gasteiger partial charge >= 0.3 is 0 Å². The molecule has 3 aromatic rings. The number of ether oxygens (including phenoxy) is 1. The van der Waals surface area contributed by atoms with Gasteiger partial charge in [0.15, 0.2) is 5.69 Å². The van der Waals surface area contributed by atoms with E-state index in [1.165, 1.54) is 12.1 Å². The van der Waals surface area contributed by atoms with Gasteiger partial charge in [-0.1, -0.05) is 5.16 Å². The second kappa shape index (κ2) is 8.29. The molecule has 1 aromatic carbocycles. The zero-order chi connectivity index (χ0) is 17.5. The van der Waals surface area contributed by atoms with Gasteiger partial charge in [0.1, 0.15) is 11.6 Å². The Morgan fingerprint density at radius 3 is 2.68 bits per heavy atom. The third kappa shape index (κ3) is 4.57. The van der Waals surface area contributed by atoms with Crippen molar-refractivity contribution in [3.05, 3.63) is 42.2 Å². The molecule has 1 N–H and O–H groups in total. The van der Waals surface area contributed by atoms with E-state index >= 15 is 0 Å². The number of rotatable bonds is 8. The highest BCUT2D eigenvalue weighted by molar-refractivity contribution is 5.57. The minimum atomic E-state index is -0.317. The van der Waals surface area contributed by atoms with Gasteiger partial charge in [0.2, 0.25) is 5.82 Å². The molecule has 0 saturated carbocycles. The van der Waals surface area contributed by atoms with Crippen LogP contribution in [0.4, 0.5) is 10.2 Å². The minimum absolute atomic E-state index is 0.259. The smallest absolute Gasteiger partial charge is 0.278 e. The van der Waals surface area contributed by atoms with Crippen LogP contribution < -0.4 is 5.32 Å². The highest BCUT2D eigenvalue weighted by Gasteiger charge is 2.12. The third-order valence-electron chi connectivity index (χ3n) is 3.39. The Balaban J connectivity index is 1.62. The number of hydrogen-bond acceptors (Lipinski definition) is 7. The lowest BCUT2D eigenvalue weighted by atomic mass is 10.2. The molecule has 130 valence electrons. The van der Waals surface area contributed by atoms with Crippen molar-refractivity contribution in [3.63, 3.8) is 0 Å². The average Bonchev–Trinajstić information content (AvgIpc) is 3.13. The van der Waals surface area contributed by atoms with Crippen LogP contribution in [-0.2, 0) is 4.74 Å². The summed E-state index contributed by atoms with van der Waals surface area (Å²) in [5.41, 5.74) is 1.14. The lowest BCUT2D eigenvalue weighted by molar-refractivity contribution is 0.147. The Hall–Kier alpha value is -2.87. The monoisotopic (exact) mass is 343 g/mol. The molecule has 0 saturated heterocycles. The second-order valence-electron chi connectivity index (χ2n) is 5.21. The molecule has 0 unspecified atom stereocenters. The van der Waals surface area contributed by atoms with E-state index in [1.54, 1.807) is 24.3 Å². The van der Waals surface area contributed by atoms with Gasteiger partial charge in [-0.05, 0) is 49.7 Å². The Labute approximate surface area is 144 Å². The Bertz CT molecular complexity index is 790. The summed E-state index contributed by atoms with van der Waals surface area (Å²) in [5, 5.41) is 15.2. The van der Waals surface area contributed by atoms with E-state index in [0.717, 1.165) is 19.6 Å². The van der Waals surface area contributed by atoms with Crippen LogP contribution in [0.3, 0.4) is 0 Å². The normalized spacial score (nSPS) is 10.8. The van der Waals surface area contributed by atoms with Crippen molar-refractivity contribution in [1.82, 2.24) is 20.3 Å². The number of nitrogens with one attached hydrogen (secondary N) is 1. The van der Waals surface area contributed by atoms with Crippen molar-refractivity contribution in [3.8, 4) is 23.0 Å². The highest BCUT2D eigenvalue weighted by Crippen LogP contribution is 2.21. The van der Waals surface area contributed by atoms with E-state index in [-0.39, 0.29) is 11.7 Å². The summed E-state index contributed by atoms with van der Waals surface area (Å²) >= 11 is 0. The summed E-state index contributed by atoms with van der Waals surface area (Å²) in [4.78, 5) is 4.27. The van der Waals surface area contributed by atoms with E-state index in [1.807, 2.05) is 6.92 Å². The van der Waals surface area contributed by atoms with E-state index in [2.05, 4.69) is 25.7 Å². The Morgan fingerprint density at radius 1 is 1.12 bits per heavy atom. The van der Waals surface area contributed by atoms with E-state index < -0.39 is 0 Å². The predicted molar refractivity (Wildman–Crippen MR) is 90.3 cm³/mol. The van der Waals surface area contributed by atoms with E-state index in [4.69, 9.17) is 9.26 Å². The second-order valence-corrected chi connectivity index (χ2v) is 5.21. The summed E-state index contributed by atoms with van der Waals surface area (Å²) in [7, 11) is 0. The van der Waals surface area contributed by atoms with Crippen LogP contribution in [0.15, 0.2) is 40.9 Å². The van der Waals surface area contributed by atoms with Crippen LogP contribution in [0, 0.1) is 5.82 Å². The molecule has 0 amide bonds. The molecule has 2 heterocycles. The molecule has 7 nitrogen and oxygen atoms in total. The van der Waals surface area contributed by atoms with Crippen molar-refractivity contribution in [1.29, 1.82) is 0 Å². The number of aromatic nitrogens is 4. The lowest BCUT2D eigenvalue weighted by Crippen LogP contribution is -2.07. The van der Waals surface area contributed by atoms with Crippen molar-refractivity contribution >= 4 is 5.82 Å². The van der Waals surface area contributed by atoms with Crippen LogP contribution in [0.5, 0.6) is 0 Å². The largest absolute Gasteiger partial charge is 0.382 e. The molecule has 0 aliphatic carbocycles. The van der Waals surface area contributed by atoms with Crippen LogP contribution in [0.1, 0.15) is 13.3 Å². The first kappa shape index (κ1) is 17.0. The molecule has 0 radical (unpaired) electrons. The number of hydrogen-bond donors (Lipinski definition) is 1. The molecular formula is C17H18FN5O2. The molecule has 0 aliphatic rings. The molecule has 0 spiro atoms. The average molecular weight is 343 g/mol. The van der Waals surface area contributed by atoms with Gasteiger partial charge < -0.3 is 14.6 Å². The number of nitrogens with zero attached hydrogens (tertiary/aromatic N) is 4. The van der Waals surface area contributed by atoms with Gasteiger partial charge in [-0.3, -0.25) is 0 Å². The third-order valence-corrected chi connectivity index (χ3v) is 3.39. The van der Waals surface area contributed by atoms with Crippen LogP contribution in [0.2, 0.25) is 0 Å². The summed E-state index contributed by atoms with van der Waals surface area (Å²) in [6, 6.07) is 9.41. The Kier molecular flexibility index (Phi) is 5.63. The zero-order valence-electron chi connectivity index (χ0n) is 13.8. The van der Waals surface area contributed by atoms with Gasteiger partial charge in [-0.25, -0.2) is 4.39 Å². The molecule has 25 heavy (non-hydrogen) atoms. The SMILES string of the molecule is CCOCCCNc1ccc(-c2nc(-c3ccc(F)cc3)no2)nn1. The maximum absolute atomic E-state index is 13.0. The fourth-order valence-corrected chi connectivity index (χ4v) is 2.12. The summed E-state index contributed by atoms with van der Waals surface area (Å²) in [5.74, 6) is 0.978. The first-order valence-electron chi connectivity index (χ1n) is 8.01. The van der Waals surface area contributed by atoms with E-state index in [0.29, 0.717) is 29.5 Å². The fourth-order valence-electron chi connectivity index (χ4n) is 2.12. The molecule has 8 heteroatoms. The highest BCUT2D eigenvalue weighted by atomic mass is 19.1. The predicted octanol–water partition coefficient (Wildman–Crippen LogP) is 3.17. The van der Waals surface area contributed by atoms with Gasteiger partial charge in [0, 0.05) is 25.3 Å². The molecule has 0 aliphatic heterocycles. The molecule has 0 bridgehead atoms. The fraction of sp³-hybridized carbons (Fsp3) is 0.294. The first-order valence-corrected chi connectivity index (χ1v) is 8.01. The number of halogens is 1. The van der Waals surface area contributed by atoms with Crippen molar-refractivity contribution in [2.45, 2.75) is 13.3 Å². The van der Waals surface area contributed by atoms with Crippen LogP contribution >= 0.6 is 0 Å². The molecule has 3 rings (SSSR count). The number of benzene rings is 1. The lowest BCUT2D eigenvalue weighted by Gasteiger charge is -2.04. The van der Waals surface area contributed by atoms with Gasteiger partial charge in [-0.15, -0.1) is 10.2 Å². The van der Waals surface area contributed by atoms with Crippen molar-refractivity contribution in [2.24, 2.45) is 0 Å². The van der Waals surface area contributed by atoms with E-state index in [9.17, 15) is 4.39 Å². The van der Waals surface area contributed by atoms with Crippen LogP contribution in [-0.4, -0.2) is 40.1 Å². The molecule has 0 fully saturated rings. The maximum Gasteiger partial charge on any atom is 0.278 e. The van der Waals surface area contributed by atoms with Gasteiger partial charge in [-0.2, -0.15) is 4.98 Å².